The smallest absolute Gasteiger partial charge is 0.247 e. The van der Waals surface area contributed by atoms with Crippen LogP contribution >= 0.6 is 0 Å². The Balaban J connectivity index is 2.24. The Morgan fingerprint density at radius 3 is 2.71 bits per heavy atom. The van der Waals surface area contributed by atoms with Gasteiger partial charge in [0, 0.05) is 12.7 Å². The summed E-state index contributed by atoms with van der Waals surface area (Å²) in [6.45, 7) is 0. The van der Waals surface area contributed by atoms with E-state index in [-0.39, 0.29) is 11.7 Å². The van der Waals surface area contributed by atoms with Crippen molar-refractivity contribution in [2.45, 2.75) is 19.3 Å². The molecule has 0 aromatic heterocycles. The van der Waals surface area contributed by atoms with E-state index in [0.29, 0.717) is 18.5 Å². The van der Waals surface area contributed by atoms with Crippen LogP contribution in [0.3, 0.4) is 0 Å². The predicted molar refractivity (Wildman–Crippen MR) is 61.7 cm³/mol. The molecule has 2 rings (SSSR count). The molecule has 0 saturated heterocycles. The van der Waals surface area contributed by atoms with Gasteiger partial charge in [-0.3, -0.25) is 4.79 Å². The zero-order valence-electron chi connectivity index (χ0n) is 9.61. The molecule has 1 saturated carbocycles. The highest BCUT2D eigenvalue weighted by Crippen LogP contribution is 2.42. The lowest BCUT2D eigenvalue weighted by molar-refractivity contribution is -0.128. The Bertz CT molecular complexity index is 488. The minimum atomic E-state index is -0.888. The van der Waals surface area contributed by atoms with Gasteiger partial charge in [0.25, 0.3) is 0 Å². The molecule has 1 aliphatic carbocycles. The monoisotopic (exact) mass is 232 g/mol. The van der Waals surface area contributed by atoms with Crippen LogP contribution in [-0.2, 0) is 4.79 Å². The Hall–Kier alpha value is -1.89. The van der Waals surface area contributed by atoms with E-state index in [9.17, 15) is 9.18 Å². The highest BCUT2D eigenvalue weighted by atomic mass is 19.1. The SMILES string of the molecule is CN(C(=O)C1(C#N)CCC1)c1cccc(F)c1. The number of halogens is 1. The topological polar surface area (TPSA) is 44.1 Å². The molecule has 1 amide bonds. The van der Waals surface area contributed by atoms with E-state index >= 15 is 0 Å². The number of hydrogen-bond acceptors (Lipinski definition) is 2. The summed E-state index contributed by atoms with van der Waals surface area (Å²) in [6.07, 6.45) is 2.10. The molecule has 0 atom stereocenters. The molecule has 0 bridgehead atoms. The second-order valence-corrected chi connectivity index (χ2v) is 4.39. The van der Waals surface area contributed by atoms with Gasteiger partial charge in [-0.05, 0) is 37.5 Å². The van der Waals surface area contributed by atoms with E-state index in [4.69, 9.17) is 5.26 Å². The van der Waals surface area contributed by atoms with Gasteiger partial charge in [-0.15, -0.1) is 0 Å². The molecule has 4 heteroatoms. The fourth-order valence-corrected chi connectivity index (χ4v) is 2.03. The number of amides is 1. The fourth-order valence-electron chi connectivity index (χ4n) is 2.03. The van der Waals surface area contributed by atoms with E-state index in [2.05, 4.69) is 6.07 Å². The summed E-state index contributed by atoms with van der Waals surface area (Å²) in [6, 6.07) is 7.92. The first-order valence-electron chi connectivity index (χ1n) is 5.54. The number of hydrogen-bond donors (Lipinski definition) is 0. The Kier molecular flexibility index (Phi) is 2.84. The van der Waals surface area contributed by atoms with E-state index in [1.165, 1.54) is 17.0 Å². The zero-order chi connectivity index (χ0) is 12.5. The van der Waals surface area contributed by atoms with Crippen LogP contribution in [0.5, 0.6) is 0 Å². The van der Waals surface area contributed by atoms with Crippen LogP contribution < -0.4 is 4.90 Å². The van der Waals surface area contributed by atoms with Crippen molar-refractivity contribution in [3.05, 3.63) is 30.1 Å². The first-order valence-corrected chi connectivity index (χ1v) is 5.54. The molecular formula is C13H13FN2O. The number of rotatable bonds is 2. The van der Waals surface area contributed by atoms with Gasteiger partial charge in [0.05, 0.1) is 6.07 Å². The van der Waals surface area contributed by atoms with Crippen molar-refractivity contribution in [1.82, 2.24) is 0 Å². The average molecular weight is 232 g/mol. The molecule has 1 aliphatic rings. The summed E-state index contributed by atoms with van der Waals surface area (Å²) in [5, 5.41) is 9.09. The molecule has 0 unspecified atom stereocenters. The van der Waals surface area contributed by atoms with Gasteiger partial charge in [-0.2, -0.15) is 5.26 Å². The van der Waals surface area contributed by atoms with Gasteiger partial charge in [-0.1, -0.05) is 6.07 Å². The highest BCUT2D eigenvalue weighted by Gasteiger charge is 2.46. The van der Waals surface area contributed by atoms with Gasteiger partial charge in [0.2, 0.25) is 5.91 Å². The second kappa shape index (κ2) is 4.17. The highest BCUT2D eigenvalue weighted by molar-refractivity contribution is 5.99. The van der Waals surface area contributed by atoms with Gasteiger partial charge >= 0.3 is 0 Å². The zero-order valence-corrected chi connectivity index (χ0v) is 9.61. The lowest BCUT2D eigenvalue weighted by atomic mass is 9.69. The summed E-state index contributed by atoms with van der Waals surface area (Å²) in [5.41, 5.74) is -0.405. The van der Waals surface area contributed by atoms with Crippen LogP contribution in [0.2, 0.25) is 0 Å². The molecule has 3 nitrogen and oxygen atoms in total. The third-order valence-electron chi connectivity index (χ3n) is 3.33. The van der Waals surface area contributed by atoms with E-state index in [1.807, 2.05) is 0 Å². The Morgan fingerprint density at radius 1 is 1.53 bits per heavy atom. The number of nitrogens with zero attached hydrogens (tertiary/aromatic N) is 2. The molecule has 0 heterocycles. The lowest BCUT2D eigenvalue weighted by Gasteiger charge is -2.36. The van der Waals surface area contributed by atoms with Gasteiger partial charge < -0.3 is 4.90 Å². The number of anilines is 1. The summed E-state index contributed by atoms with van der Waals surface area (Å²) < 4.78 is 13.1. The molecule has 1 aromatic rings. The summed E-state index contributed by atoms with van der Waals surface area (Å²) in [7, 11) is 1.58. The number of carbonyl (C=O) groups excluding carboxylic acids is 1. The maximum Gasteiger partial charge on any atom is 0.247 e. The van der Waals surface area contributed by atoms with Crippen LogP contribution in [-0.4, -0.2) is 13.0 Å². The first kappa shape index (κ1) is 11.6. The third kappa shape index (κ3) is 1.89. The van der Waals surface area contributed by atoms with Gasteiger partial charge in [-0.25, -0.2) is 4.39 Å². The van der Waals surface area contributed by atoms with E-state index in [1.54, 1.807) is 19.2 Å². The third-order valence-corrected chi connectivity index (χ3v) is 3.33. The molecule has 17 heavy (non-hydrogen) atoms. The molecule has 0 N–H and O–H groups in total. The quantitative estimate of drug-likeness (QED) is 0.786. The Morgan fingerprint density at radius 2 is 2.24 bits per heavy atom. The molecule has 0 spiro atoms. The fraction of sp³-hybridized carbons (Fsp3) is 0.385. The van der Waals surface area contributed by atoms with Crippen LogP contribution in [0, 0.1) is 22.6 Å². The predicted octanol–water partition coefficient (Wildman–Crippen LogP) is 2.48. The van der Waals surface area contributed by atoms with Gasteiger partial charge in [0.1, 0.15) is 11.2 Å². The second-order valence-electron chi connectivity index (χ2n) is 4.39. The van der Waals surface area contributed by atoms with Crippen molar-refractivity contribution >= 4 is 11.6 Å². The van der Waals surface area contributed by atoms with E-state index < -0.39 is 5.41 Å². The van der Waals surface area contributed by atoms with Crippen molar-refractivity contribution in [3.8, 4) is 6.07 Å². The van der Waals surface area contributed by atoms with Crippen LogP contribution in [0.1, 0.15) is 19.3 Å². The van der Waals surface area contributed by atoms with Crippen molar-refractivity contribution in [2.75, 3.05) is 11.9 Å². The molecular weight excluding hydrogens is 219 g/mol. The normalized spacial score (nSPS) is 16.8. The van der Waals surface area contributed by atoms with E-state index in [0.717, 1.165) is 6.42 Å². The molecule has 0 aliphatic heterocycles. The molecule has 0 radical (unpaired) electrons. The summed E-state index contributed by atoms with van der Waals surface area (Å²) >= 11 is 0. The Labute approximate surface area is 99.5 Å². The number of benzene rings is 1. The van der Waals surface area contributed by atoms with Crippen molar-refractivity contribution in [3.63, 3.8) is 0 Å². The standard InChI is InChI=1S/C13H13FN2O/c1-16(11-5-2-4-10(14)8-11)12(17)13(9-15)6-3-7-13/h2,4-5,8H,3,6-7H2,1H3. The van der Waals surface area contributed by atoms with Gasteiger partial charge in [0.15, 0.2) is 0 Å². The minimum Gasteiger partial charge on any atom is -0.314 e. The summed E-state index contributed by atoms with van der Waals surface area (Å²) in [4.78, 5) is 13.5. The summed E-state index contributed by atoms with van der Waals surface area (Å²) in [5.74, 6) is -0.626. The van der Waals surface area contributed by atoms with Crippen molar-refractivity contribution in [1.29, 1.82) is 5.26 Å². The lowest BCUT2D eigenvalue weighted by Crippen LogP contribution is -2.45. The van der Waals surface area contributed by atoms with Crippen molar-refractivity contribution < 1.29 is 9.18 Å². The largest absolute Gasteiger partial charge is 0.314 e. The molecule has 1 aromatic carbocycles. The number of nitriles is 1. The minimum absolute atomic E-state index is 0.239. The van der Waals surface area contributed by atoms with Crippen LogP contribution in [0.25, 0.3) is 0 Å². The number of carbonyl (C=O) groups is 1. The molecule has 1 fully saturated rings. The first-order chi connectivity index (χ1) is 8.09. The average Bonchev–Trinajstić information content (AvgIpc) is 2.27. The molecule has 88 valence electrons. The maximum atomic E-state index is 13.1. The van der Waals surface area contributed by atoms with Crippen LogP contribution in [0.15, 0.2) is 24.3 Å². The van der Waals surface area contributed by atoms with Crippen LogP contribution in [0.4, 0.5) is 10.1 Å². The maximum absolute atomic E-state index is 13.1. The van der Waals surface area contributed by atoms with Crippen molar-refractivity contribution in [2.24, 2.45) is 5.41 Å².